The number of hydrogen-bond acceptors (Lipinski definition) is 4. The second-order valence-electron chi connectivity index (χ2n) is 3.12. The fraction of sp³-hybridized carbons (Fsp3) is 0.333. The predicted octanol–water partition coefficient (Wildman–Crippen LogP) is 1.31. The van der Waals surface area contributed by atoms with Crippen LogP contribution in [0.3, 0.4) is 0 Å². The minimum absolute atomic E-state index is 0.500. The van der Waals surface area contributed by atoms with Crippen molar-refractivity contribution in [3.8, 4) is 10.7 Å². The molecule has 2 aromatic rings. The van der Waals surface area contributed by atoms with E-state index in [9.17, 15) is 0 Å². The summed E-state index contributed by atoms with van der Waals surface area (Å²) in [5.41, 5.74) is 7.59. The zero-order chi connectivity index (χ0) is 10.1. The molecule has 2 N–H and O–H groups in total. The first-order valence-corrected chi connectivity index (χ1v) is 5.17. The highest BCUT2D eigenvalue weighted by Gasteiger charge is 2.10. The van der Waals surface area contributed by atoms with Gasteiger partial charge in [-0.2, -0.15) is 0 Å². The first-order valence-electron chi connectivity index (χ1n) is 4.35. The lowest BCUT2D eigenvalue weighted by atomic mass is 10.4. The van der Waals surface area contributed by atoms with Gasteiger partial charge >= 0.3 is 0 Å². The number of hydrogen-bond donors (Lipinski definition) is 1. The van der Waals surface area contributed by atoms with Crippen LogP contribution in [0.1, 0.15) is 10.6 Å². The van der Waals surface area contributed by atoms with E-state index in [0.29, 0.717) is 6.54 Å². The molecule has 2 rings (SSSR count). The highest BCUT2D eigenvalue weighted by Crippen LogP contribution is 2.26. The number of rotatable bonds is 2. The number of nitrogens with zero attached hydrogens (tertiary/aromatic N) is 3. The van der Waals surface area contributed by atoms with Gasteiger partial charge in [-0.15, -0.1) is 11.3 Å². The number of nitrogens with two attached hydrogens (primary N) is 1. The molecule has 0 radical (unpaired) electrons. The Morgan fingerprint density at radius 1 is 1.57 bits per heavy atom. The maximum absolute atomic E-state index is 5.58. The summed E-state index contributed by atoms with van der Waals surface area (Å²) in [6, 6.07) is 0. The maximum atomic E-state index is 5.58. The van der Waals surface area contributed by atoms with Crippen molar-refractivity contribution in [3.05, 3.63) is 23.1 Å². The van der Waals surface area contributed by atoms with Crippen molar-refractivity contribution in [1.29, 1.82) is 0 Å². The molecule has 0 aliphatic rings. The average Bonchev–Trinajstić information content (AvgIpc) is 2.71. The number of imidazole rings is 1. The van der Waals surface area contributed by atoms with Crippen molar-refractivity contribution < 1.29 is 0 Å². The molecular formula is C9H12N4S. The summed E-state index contributed by atoms with van der Waals surface area (Å²) in [4.78, 5) is 9.71. The van der Waals surface area contributed by atoms with E-state index in [2.05, 4.69) is 9.97 Å². The third-order valence-corrected chi connectivity index (χ3v) is 3.16. The first-order chi connectivity index (χ1) is 6.72. The summed E-state index contributed by atoms with van der Waals surface area (Å²) < 4.78 is 1.96. The quantitative estimate of drug-likeness (QED) is 0.809. The Labute approximate surface area is 86.4 Å². The molecule has 2 aromatic heterocycles. The fourth-order valence-electron chi connectivity index (χ4n) is 1.29. The zero-order valence-corrected chi connectivity index (χ0v) is 9.01. The van der Waals surface area contributed by atoms with E-state index in [1.807, 2.05) is 24.7 Å². The molecule has 0 saturated carbocycles. The molecule has 14 heavy (non-hydrogen) atoms. The summed E-state index contributed by atoms with van der Waals surface area (Å²) in [6.07, 6.45) is 3.59. The van der Waals surface area contributed by atoms with Gasteiger partial charge in [0.2, 0.25) is 0 Å². The molecule has 4 nitrogen and oxygen atoms in total. The average molecular weight is 208 g/mol. The van der Waals surface area contributed by atoms with Crippen molar-refractivity contribution in [3.63, 3.8) is 0 Å². The molecule has 0 bridgehead atoms. The summed E-state index contributed by atoms with van der Waals surface area (Å²) >= 11 is 1.66. The molecule has 2 heterocycles. The van der Waals surface area contributed by atoms with Gasteiger partial charge in [0.1, 0.15) is 5.01 Å². The smallest absolute Gasteiger partial charge is 0.142 e. The summed E-state index contributed by atoms with van der Waals surface area (Å²) in [5, 5.41) is 0.989. The van der Waals surface area contributed by atoms with Gasteiger partial charge in [0.25, 0.3) is 0 Å². The second kappa shape index (κ2) is 3.51. The van der Waals surface area contributed by atoms with Crippen molar-refractivity contribution in [2.45, 2.75) is 13.5 Å². The monoisotopic (exact) mass is 208 g/mol. The lowest BCUT2D eigenvalue weighted by Gasteiger charge is -1.95. The van der Waals surface area contributed by atoms with Crippen LogP contribution in [0.25, 0.3) is 10.7 Å². The molecular weight excluding hydrogens is 196 g/mol. The Morgan fingerprint density at radius 2 is 2.36 bits per heavy atom. The van der Waals surface area contributed by atoms with E-state index >= 15 is 0 Å². The summed E-state index contributed by atoms with van der Waals surface area (Å²) in [6.45, 7) is 2.54. The Hall–Kier alpha value is -1.20. The molecule has 0 unspecified atom stereocenters. The second-order valence-corrected chi connectivity index (χ2v) is 4.32. The largest absolute Gasteiger partial charge is 0.332 e. The standard InChI is InChI=1S/C9H12N4S/c1-6-7(3-10)12-9(14-6)8-4-11-5-13(8)2/h4-5H,3,10H2,1-2H3. The van der Waals surface area contributed by atoms with Crippen molar-refractivity contribution in [2.75, 3.05) is 0 Å². The highest BCUT2D eigenvalue weighted by molar-refractivity contribution is 7.15. The third-order valence-electron chi connectivity index (χ3n) is 2.12. The number of thiazole rings is 1. The van der Waals surface area contributed by atoms with Crippen molar-refractivity contribution >= 4 is 11.3 Å². The number of aryl methyl sites for hydroxylation is 2. The van der Waals surface area contributed by atoms with Crippen LogP contribution in [-0.4, -0.2) is 14.5 Å². The van der Waals surface area contributed by atoms with Gasteiger partial charge in [-0.25, -0.2) is 9.97 Å². The normalized spacial score (nSPS) is 10.8. The van der Waals surface area contributed by atoms with E-state index in [4.69, 9.17) is 5.73 Å². The van der Waals surface area contributed by atoms with Crippen LogP contribution in [0.5, 0.6) is 0 Å². The molecule has 0 atom stereocenters. The Morgan fingerprint density at radius 3 is 2.86 bits per heavy atom. The highest BCUT2D eigenvalue weighted by atomic mass is 32.1. The lowest BCUT2D eigenvalue weighted by Crippen LogP contribution is -1.98. The molecule has 0 fully saturated rings. The zero-order valence-electron chi connectivity index (χ0n) is 8.19. The fourth-order valence-corrected chi connectivity index (χ4v) is 2.28. The van der Waals surface area contributed by atoms with Gasteiger partial charge in [0, 0.05) is 18.5 Å². The molecule has 5 heteroatoms. The van der Waals surface area contributed by atoms with Crippen LogP contribution in [0, 0.1) is 6.92 Å². The molecule has 0 spiro atoms. The summed E-state index contributed by atoms with van der Waals surface area (Å²) in [7, 11) is 1.96. The van der Waals surface area contributed by atoms with Crippen LogP contribution < -0.4 is 5.73 Å². The van der Waals surface area contributed by atoms with Crippen molar-refractivity contribution in [2.24, 2.45) is 12.8 Å². The topological polar surface area (TPSA) is 56.7 Å². The van der Waals surface area contributed by atoms with Crippen molar-refractivity contribution in [1.82, 2.24) is 14.5 Å². The van der Waals surface area contributed by atoms with Crippen LogP contribution in [-0.2, 0) is 13.6 Å². The van der Waals surface area contributed by atoms with Gasteiger partial charge in [0.15, 0.2) is 0 Å². The maximum Gasteiger partial charge on any atom is 0.142 e. The lowest BCUT2D eigenvalue weighted by molar-refractivity contribution is 0.916. The third kappa shape index (κ3) is 1.44. The first kappa shape index (κ1) is 9.36. The molecule has 74 valence electrons. The number of aromatic nitrogens is 3. The van der Waals surface area contributed by atoms with Crippen LogP contribution in [0.15, 0.2) is 12.5 Å². The van der Waals surface area contributed by atoms with Gasteiger partial charge in [-0.3, -0.25) is 0 Å². The summed E-state index contributed by atoms with van der Waals surface area (Å²) in [5.74, 6) is 0. The SMILES string of the molecule is Cc1sc(-c2cncn2C)nc1CN. The van der Waals surface area contributed by atoms with Gasteiger partial charge in [0.05, 0.1) is 23.9 Å². The minimum atomic E-state index is 0.500. The van der Waals surface area contributed by atoms with E-state index in [1.165, 1.54) is 4.88 Å². The van der Waals surface area contributed by atoms with Gasteiger partial charge in [-0.1, -0.05) is 0 Å². The molecule has 0 saturated heterocycles. The van der Waals surface area contributed by atoms with E-state index in [1.54, 1.807) is 17.7 Å². The predicted molar refractivity (Wildman–Crippen MR) is 56.9 cm³/mol. The van der Waals surface area contributed by atoms with Crippen LogP contribution in [0.2, 0.25) is 0 Å². The molecule has 0 aliphatic carbocycles. The molecule has 0 aromatic carbocycles. The van der Waals surface area contributed by atoms with Crippen LogP contribution in [0.4, 0.5) is 0 Å². The van der Waals surface area contributed by atoms with Crippen LogP contribution >= 0.6 is 11.3 Å². The van der Waals surface area contributed by atoms with E-state index in [0.717, 1.165) is 16.4 Å². The Kier molecular flexibility index (Phi) is 2.35. The van der Waals surface area contributed by atoms with E-state index < -0.39 is 0 Å². The molecule has 0 amide bonds. The van der Waals surface area contributed by atoms with Gasteiger partial charge in [-0.05, 0) is 6.92 Å². The Balaban J connectivity index is 2.47. The molecule has 0 aliphatic heterocycles. The van der Waals surface area contributed by atoms with E-state index in [-0.39, 0.29) is 0 Å². The Bertz CT molecular complexity index is 443. The minimum Gasteiger partial charge on any atom is -0.332 e. The van der Waals surface area contributed by atoms with Gasteiger partial charge < -0.3 is 10.3 Å².